The molecule has 0 saturated heterocycles. The first-order valence-electron chi connectivity index (χ1n) is 10.1. The second-order valence-electron chi connectivity index (χ2n) is 8.97. The minimum Gasteiger partial charge on any atom is -0.444 e. The monoisotopic (exact) mass is 368 g/mol. The number of nitrogens with zero attached hydrogens (tertiary/aromatic N) is 1. The molecule has 2 aromatic rings. The van der Waals surface area contributed by atoms with Crippen LogP contribution in [0.2, 0.25) is 0 Å². The van der Waals surface area contributed by atoms with Crippen LogP contribution in [-0.4, -0.2) is 17.4 Å². The summed E-state index contributed by atoms with van der Waals surface area (Å²) in [5.41, 5.74) is 3.42. The zero-order valence-electron chi connectivity index (χ0n) is 17.0. The molecular weight excluding hydrogens is 336 g/mol. The SMILES string of the molecule is Cc1ccc(-c2nc(CCNC(=O)C3CCC(C(C)(C)C)CC3)co2)cc1. The molecule has 27 heavy (non-hydrogen) atoms. The Bertz CT molecular complexity index is 747. The Labute approximate surface area is 162 Å². The van der Waals surface area contributed by atoms with Crippen molar-refractivity contribution < 1.29 is 9.21 Å². The van der Waals surface area contributed by atoms with E-state index in [0.717, 1.165) is 42.9 Å². The lowest BCUT2D eigenvalue weighted by atomic mass is 9.69. The highest BCUT2D eigenvalue weighted by atomic mass is 16.3. The maximum atomic E-state index is 12.4. The highest BCUT2D eigenvalue weighted by Gasteiger charge is 2.32. The Kier molecular flexibility index (Phi) is 6.03. The van der Waals surface area contributed by atoms with Gasteiger partial charge in [0.25, 0.3) is 0 Å². The molecule has 0 bridgehead atoms. The van der Waals surface area contributed by atoms with E-state index in [4.69, 9.17) is 4.42 Å². The van der Waals surface area contributed by atoms with Gasteiger partial charge < -0.3 is 9.73 Å². The quantitative estimate of drug-likeness (QED) is 0.793. The summed E-state index contributed by atoms with van der Waals surface area (Å²) in [6, 6.07) is 8.13. The maximum absolute atomic E-state index is 12.4. The summed E-state index contributed by atoms with van der Waals surface area (Å²) in [4.78, 5) is 17.0. The zero-order chi connectivity index (χ0) is 19.4. The number of aryl methyl sites for hydroxylation is 1. The van der Waals surface area contributed by atoms with E-state index >= 15 is 0 Å². The van der Waals surface area contributed by atoms with Gasteiger partial charge in [-0.1, -0.05) is 38.5 Å². The lowest BCUT2D eigenvalue weighted by molar-refractivity contribution is -0.126. The second-order valence-corrected chi connectivity index (χ2v) is 8.97. The van der Waals surface area contributed by atoms with Crippen molar-refractivity contribution in [2.45, 2.75) is 59.8 Å². The summed E-state index contributed by atoms with van der Waals surface area (Å²) in [6.07, 6.45) is 6.72. The van der Waals surface area contributed by atoms with E-state index in [2.05, 4.69) is 38.0 Å². The van der Waals surface area contributed by atoms with Gasteiger partial charge in [-0.25, -0.2) is 4.98 Å². The summed E-state index contributed by atoms with van der Waals surface area (Å²) in [5, 5.41) is 3.09. The van der Waals surface area contributed by atoms with Crippen LogP contribution in [0.15, 0.2) is 34.9 Å². The summed E-state index contributed by atoms with van der Waals surface area (Å²) in [6.45, 7) is 9.59. The van der Waals surface area contributed by atoms with Gasteiger partial charge in [-0.3, -0.25) is 4.79 Å². The van der Waals surface area contributed by atoms with Crippen LogP contribution < -0.4 is 5.32 Å². The molecule has 0 unspecified atom stereocenters. The van der Waals surface area contributed by atoms with E-state index in [-0.39, 0.29) is 11.8 Å². The van der Waals surface area contributed by atoms with Crippen molar-refractivity contribution in [3.63, 3.8) is 0 Å². The van der Waals surface area contributed by atoms with E-state index < -0.39 is 0 Å². The normalized spacial score (nSPS) is 20.4. The van der Waals surface area contributed by atoms with Gasteiger partial charge in [0.15, 0.2) is 0 Å². The van der Waals surface area contributed by atoms with Crippen molar-refractivity contribution in [2.75, 3.05) is 6.54 Å². The number of hydrogen-bond acceptors (Lipinski definition) is 3. The highest BCUT2D eigenvalue weighted by molar-refractivity contribution is 5.78. The van der Waals surface area contributed by atoms with Gasteiger partial charge in [0, 0.05) is 24.4 Å². The fourth-order valence-electron chi connectivity index (χ4n) is 3.93. The van der Waals surface area contributed by atoms with Gasteiger partial charge in [0.2, 0.25) is 11.8 Å². The standard InChI is InChI=1S/C23H32N2O2/c1-16-5-7-18(8-6-16)22-25-20(15-27-22)13-14-24-21(26)17-9-11-19(12-10-17)23(2,3)4/h5-8,15,17,19H,9-14H2,1-4H3,(H,24,26). The fourth-order valence-corrected chi connectivity index (χ4v) is 3.93. The first-order chi connectivity index (χ1) is 12.8. The molecule has 0 aliphatic heterocycles. The Morgan fingerprint density at radius 3 is 2.44 bits per heavy atom. The van der Waals surface area contributed by atoms with Crippen molar-refractivity contribution in [3.05, 3.63) is 41.8 Å². The molecule has 1 fully saturated rings. The Morgan fingerprint density at radius 1 is 1.15 bits per heavy atom. The van der Waals surface area contributed by atoms with Gasteiger partial charge in [-0.05, 0) is 56.1 Å². The average Bonchev–Trinajstić information content (AvgIpc) is 3.10. The molecule has 1 aromatic carbocycles. The van der Waals surface area contributed by atoms with Crippen molar-refractivity contribution in [1.29, 1.82) is 0 Å². The molecule has 1 aromatic heterocycles. The Hall–Kier alpha value is -2.10. The lowest BCUT2D eigenvalue weighted by Gasteiger charge is -2.36. The molecule has 4 heteroatoms. The Balaban J connectivity index is 1.44. The summed E-state index contributed by atoms with van der Waals surface area (Å²) in [7, 11) is 0. The number of oxazole rings is 1. The van der Waals surface area contributed by atoms with Gasteiger partial charge in [-0.2, -0.15) is 0 Å². The van der Waals surface area contributed by atoms with E-state index in [1.54, 1.807) is 6.26 Å². The van der Waals surface area contributed by atoms with Gasteiger partial charge in [0.05, 0.1) is 5.69 Å². The van der Waals surface area contributed by atoms with Crippen molar-refractivity contribution >= 4 is 5.91 Å². The van der Waals surface area contributed by atoms with Crippen molar-refractivity contribution in [1.82, 2.24) is 10.3 Å². The van der Waals surface area contributed by atoms with Crippen LogP contribution >= 0.6 is 0 Å². The lowest BCUT2D eigenvalue weighted by Crippen LogP contribution is -2.36. The van der Waals surface area contributed by atoms with E-state index in [1.807, 2.05) is 24.3 Å². The number of rotatable bonds is 5. The number of carbonyl (C=O) groups is 1. The number of amides is 1. The molecular formula is C23H32N2O2. The molecule has 3 rings (SSSR count). The first kappa shape index (κ1) is 19.7. The highest BCUT2D eigenvalue weighted by Crippen LogP contribution is 2.39. The number of carbonyl (C=O) groups excluding carboxylic acids is 1. The summed E-state index contributed by atoms with van der Waals surface area (Å²) >= 11 is 0. The summed E-state index contributed by atoms with van der Waals surface area (Å²) < 4.78 is 5.58. The number of benzene rings is 1. The van der Waals surface area contributed by atoms with Gasteiger partial charge in [0.1, 0.15) is 6.26 Å². The minimum atomic E-state index is 0.170. The van der Waals surface area contributed by atoms with E-state index in [9.17, 15) is 4.79 Å². The molecule has 1 aliphatic rings. The summed E-state index contributed by atoms with van der Waals surface area (Å²) in [5.74, 6) is 1.74. The van der Waals surface area contributed by atoms with Crippen LogP contribution in [0, 0.1) is 24.2 Å². The number of nitrogens with one attached hydrogen (secondary N) is 1. The fraction of sp³-hybridized carbons (Fsp3) is 0.565. The first-order valence-corrected chi connectivity index (χ1v) is 10.1. The topological polar surface area (TPSA) is 55.1 Å². The molecule has 0 spiro atoms. The Morgan fingerprint density at radius 2 is 1.81 bits per heavy atom. The minimum absolute atomic E-state index is 0.170. The molecule has 1 amide bonds. The number of aromatic nitrogens is 1. The molecule has 1 aliphatic carbocycles. The maximum Gasteiger partial charge on any atom is 0.226 e. The zero-order valence-corrected chi connectivity index (χ0v) is 17.0. The molecule has 146 valence electrons. The molecule has 1 N–H and O–H groups in total. The third kappa shape index (κ3) is 5.21. The predicted molar refractivity (Wildman–Crippen MR) is 108 cm³/mol. The molecule has 4 nitrogen and oxygen atoms in total. The van der Waals surface area contributed by atoms with Crippen molar-refractivity contribution in [2.24, 2.45) is 17.3 Å². The van der Waals surface area contributed by atoms with Crippen LogP contribution in [0.25, 0.3) is 11.5 Å². The van der Waals surface area contributed by atoms with Crippen LogP contribution in [0.1, 0.15) is 57.7 Å². The van der Waals surface area contributed by atoms with Crippen LogP contribution in [0.3, 0.4) is 0 Å². The number of hydrogen-bond donors (Lipinski definition) is 1. The van der Waals surface area contributed by atoms with Crippen LogP contribution in [0.4, 0.5) is 0 Å². The average molecular weight is 369 g/mol. The van der Waals surface area contributed by atoms with E-state index in [0.29, 0.717) is 24.3 Å². The van der Waals surface area contributed by atoms with Crippen molar-refractivity contribution in [3.8, 4) is 11.5 Å². The van der Waals surface area contributed by atoms with Gasteiger partial charge in [-0.15, -0.1) is 0 Å². The predicted octanol–water partition coefficient (Wildman–Crippen LogP) is 5.16. The largest absolute Gasteiger partial charge is 0.444 e. The third-order valence-corrected chi connectivity index (χ3v) is 5.85. The molecule has 1 saturated carbocycles. The second kappa shape index (κ2) is 8.28. The molecule has 0 atom stereocenters. The van der Waals surface area contributed by atoms with Gasteiger partial charge >= 0.3 is 0 Å². The third-order valence-electron chi connectivity index (χ3n) is 5.85. The smallest absolute Gasteiger partial charge is 0.226 e. The van der Waals surface area contributed by atoms with Crippen LogP contribution in [0.5, 0.6) is 0 Å². The van der Waals surface area contributed by atoms with Crippen LogP contribution in [-0.2, 0) is 11.2 Å². The molecule has 1 heterocycles. The molecule has 0 radical (unpaired) electrons. The van der Waals surface area contributed by atoms with E-state index in [1.165, 1.54) is 5.56 Å².